The van der Waals surface area contributed by atoms with Crippen LogP contribution < -0.4 is 0 Å². The van der Waals surface area contributed by atoms with E-state index in [1.807, 2.05) is 0 Å². The number of nitrogens with zero attached hydrogens (tertiary/aromatic N) is 2. The van der Waals surface area contributed by atoms with Crippen molar-refractivity contribution < 1.29 is 24.2 Å². The number of hydrogen-bond donors (Lipinski definition) is 1. The van der Waals surface area contributed by atoms with Crippen molar-refractivity contribution in [3.05, 3.63) is 12.7 Å². The van der Waals surface area contributed by atoms with Crippen LogP contribution in [0.25, 0.3) is 0 Å². The number of esters is 1. The quantitative estimate of drug-likeness (QED) is 0.564. The van der Waals surface area contributed by atoms with Crippen molar-refractivity contribution >= 4 is 18.0 Å². The van der Waals surface area contributed by atoms with E-state index in [0.717, 1.165) is 11.0 Å². The number of likely N-dealkylation sites (tertiary alicyclic amines) is 1. The van der Waals surface area contributed by atoms with Crippen LogP contribution in [0.2, 0.25) is 0 Å². The second kappa shape index (κ2) is 5.52. The van der Waals surface area contributed by atoms with Gasteiger partial charge in [-0.15, -0.1) is 0 Å². The number of carbonyl (C=O) groups is 3. The van der Waals surface area contributed by atoms with Gasteiger partial charge in [-0.3, -0.25) is 9.69 Å². The molecule has 1 heterocycles. The van der Waals surface area contributed by atoms with Crippen LogP contribution in [0, 0.1) is 0 Å². The van der Waals surface area contributed by atoms with Crippen LogP contribution in [0.4, 0.5) is 4.79 Å². The Kier molecular flexibility index (Phi) is 4.30. The van der Waals surface area contributed by atoms with E-state index in [1.165, 1.54) is 4.90 Å². The molecular formula is C11H16N2O5. The molecule has 7 heteroatoms. The molecule has 1 aliphatic heterocycles. The van der Waals surface area contributed by atoms with E-state index in [1.54, 1.807) is 14.1 Å². The minimum absolute atomic E-state index is 0.000833. The number of carboxylic acid groups (broad SMARTS) is 1. The normalized spacial score (nSPS) is 22.4. The summed E-state index contributed by atoms with van der Waals surface area (Å²) < 4.78 is 4.97. The van der Waals surface area contributed by atoms with Gasteiger partial charge in [0, 0.05) is 26.6 Å². The van der Waals surface area contributed by atoms with Crippen LogP contribution in [0.1, 0.15) is 6.42 Å². The van der Waals surface area contributed by atoms with Gasteiger partial charge in [0.15, 0.2) is 0 Å². The Hall–Kier alpha value is -2.05. The molecule has 1 rings (SSSR count). The molecule has 1 aliphatic rings. The van der Waals surface area contributed by atoms with Gasteiger partial charge in [-0.1, -0.05) is 6.58 Å². The number of ether oxygens (including phenoxy) is 1. The van der Waals surface area contributed by atoms with Gasteiger partial charge in [-0.25, -0.2) is 9.59 Å². The third-order valence-electron chi connectivity index (χ3n) is 2.68. The Morgan fingerprint density at radius 2 is 2.06 bits per heavy atom. The van der Waals surface area contributed by atoms with Gasteiger partial charge in [-0.05, 0) is 0 Å². The first-order chi connectivity index (χ1) is 8.36. The second-order valence-corrected chi connectivity index (χ2v) is 4.18. The largest absolute Gasteiger partial charge is 0.465 e. The average molecular weight is 256 g/mol. The third-order valence-corrected chi connectivity index (χ3v) is 2.68. The predicted molar refractivity (Wildman–Crippen MR) is 61.9 cm³/mol. The molecule has 0 aromatic rings. The van der Waals surface area contributed by atoms with E-state index < -0.39 is 24.2 Å². The number of rotatable bonds is 3. The summed E-state index contributed by atoms with van der Waals surface area (Å²) in [6, 6.07) is -0.805. The first-order valence-electron chi connectivity index (χ1n) is 5.40. The van der Waals surface area contributed by atoms with Crippen LogP contribution in [0.3, 0.4) is 0 Å². The van der Waals surface area contributed by atoms with Gasteiger partial charge >= 0.3 is 12.1 Å². The summed E-state index contributed by atoms with van der Waals surface area (Å²) in [4.78, 5) is 36.2. The predicted octanol–water partition coefficient (Wildman–Crippen LogP) is -0.0753. The molecule has 7 nitrogen and oxygen atoms in total. The molecule has 0 saturated carbocycles. The van der Waals surface area contributed by atoms with Crippen molar-refractivity contribution in [2.24, 2.45) is 0 Å². The summed E-state index contributed by atoms with van der Waals surface area (Å²) in [5.74, 6) is -0.946. The monoisotopic (exact) mass is 256 g/mol. The molecule has 0 unspecified atom stereocenters. The first kappa shape index (κ1) is 14.0. The Balaban J connectivity index is 2.77. The molecule has 0 radical (unpaired) electrons. The van der Waals surface area contributed by atoms with Crippen LogP contribution in [-0.4, -0.2) is 65.7 Å². The number of likely N-dealkylation sites (N-methyl/N-ethyl adjacent to an activating group) is 1. The zero-order valence-corrected chi connectivity index (χ0v) is 10.3. The van der Waals surface area contributed by atoms with E-state index in [9.17, 15) is 14.4 Å². The minimum atomic E-state index is -1.20. The lowest BCUT2D eigenvalue weighted by Crippen LogP contribution is -2.44. The maximum Gasteiger partial charge on any atom is 0.408 e. The molecule has 1 saturated heterocycles. The summed E-state index contributed by atoms with van der Waals surface area (Å²) in [5, 5.41) is 9.02. The van der Waals surface area contributed by atoms with E-state index in [4.69, 9.17) is 9.84 Å². The van der Waals surface area contributed by atoms with Crippen molar-refractivity contribution in [3.63, 3.8) is 0 Å². The molecule has 0 aromatic heterocycles. The fourth-order valence-corrected chi connectivity index (χ4v) is 1.84. The highest BCUT2D eigenvalue weighted by Crippen LogP contribution is 2.22. The SMILES string of the molecule is C=CC(=O)O[C@@H]1C[C@@H](C(=O)N(C)C)N(C(=O)O)C1. The smallest absolute Gasteiger partial charge is 0.408 e. The molecule has 100 valence electrons. The molecule has 2 atom stereocenters. The lowest BCUT2D eigenvalue weighted by atomic mass is 10.2. The van der Waals surface area contributed by atoms with E-state index in [2.05, 4.69) is 6.58 Å². The molecule has 0 spiro atoms. The summed E-state index contributed by atoms with van der Waals surface area (Å²) >= 11 is 0. The minimum Gasteiger partial charge on any atom is -0.465 e. The van der Waals surface area contributed by atoms with Crippen molar-refractivity contribution in [3.8, 4) is 0 Å². The van der Waals surface area contributed by atoms with Crippen LogP contribution in [-0.2, 0) is 14.3 Å². The topological polar surface area (TPSA) is 87.2 Å². The van der Waals surface area contributed by atoms with Crippen LogP contribution in [0.15, 0.2) is 12.7 Å². The lowest BCUT2D eigenvalue weighted by Gasteiger charge is -2.22. The van der Waals surface area contributed by atoms with Gasteiger partial charge < -0.3 is 14.7 Å². The van der Waals surface area contributed by atoms with Gasteiger partial charge in [0.25, 0.3) is 0 Å². The summed E-state index contributed by atoms with van der Waals surface area (Å²) in [5.41, 5.74) is 0. The average Bonchev–Trinajstić information content (AvgIpc) is 2.71. The van der Waals surface area contributed by atoms with Gasteiger partial charge in [0.2, 0.25) is 5.91 Å². The third kappa shape index (κ3) is 2.99. The molecule has 0 aromatic carbocycles. The van der Waals surface area contributed by atoms with Crippen molar-refractivity contribution in [2.45, 2.75) is 18.6 Å². The van der Waals surface area contributed by atoms with E-state index >= 15 is 0 Å². The standard InChI is InChI=1S/C11H16N2O5/c1-4-9(14)18-7-5-8(10(15)12(2)3)13(6-7)11(16)17/h4,7-8H,1,5-6H2,2-3H3,(H,16,17)/t7-,8+/m1/s1. The van der Waals surface area contributed by atoms with Crippen LogP contribution in [0.5, 0.6) is 0 Å². The van der Waals surface area contributed by atoms with E-state index in [-0.39, 0.29) is 18.9 Å². The molecule has 2 amide bonds. The fourth-order valence-electron chi connectivity index (χ4n) is 1.84. The Labute approximate surface area is 105 Å². The zero-order chi connectivity index (χ0) is 13.9. The lowest BCUT2D eigenvalue weighted by molar-refractivity contribution is -0.142. The van der Waals surface area contributed by atoms with Gasteiger partial charge in [0.1, 0.15) is 12.1 Å². The maximum absolute atomic E-state index is 11.8. The Bertz CT molecular complexity index is 380. The van der Waals surface area contributed by atoms with Crippen LogP contribution >= 0.6 is 0 Å². The molecule has 18 heavy (non-hydrogen) atoms. The maximum atomic E-state index is 11.8. The molecule has 1 N–H and O–H groups in total. The highest BCUT2D eigenvalue weighted by Gasteiger charge is 2.41. The summed E-state index contributed by atoms with van der Waals surface area (Å²) in [7, 11) is 3.09. The Morgan fingerprint density at radius 1 is 1.44 bits per heavy atom. The molecule has 0 aliphatic carbocycles. The highest BCUT2D eigenvalue weighted by molar-refractivity contribution is 5.86. The van der Waals surface area contributed by atoms with Crippen molar-refractivity contribution in [2.75, 3.05) is 20.6 Å². The molecular weight excluding hydrogens is 240 g/mol. The fraction of sp³-hybridized carbons (Fsp3) is 0.545. The van der Waals surface area contributed by atoms with Crippen molar-refractivity contribution in [1.29, 1.82) is 0 Å². The van der Waals surface area contributed by atoms with Crippen molar-refractivity contribution in [1.82, 2.24) is 9.80 Å². The zero-order valence-electron chi connectivity index (χ0n) is 10.3. The highest BCUT2D eigenvalue weighted by atomic mass is 16.5. The molecule has 0 bridgehead atoms. The second-order valence-electron chi connectivity index (χ2n) is 4.18. The van der Waals surface area contributed by atoms with E-state index in [0.29, 0.717) is 0 Å². The number of hydrogen-bond acceptors (Lipinski definition) is 4. The number of carbonyl (C=O) groups excluding carboxylic acids is 2. The van der Waals surface area contributed by atoms with Gasteiger partial charge in [0.05, 0.1) is 6.54 Å². The first-order valence-corrected chi connectivity index (χ1v) is 5.40. The number of amides is 2. The van der Waals surface area contributed by atoms with Gasteiger partial charge in [-0.2, -0.15) is 0 Å². The Morgan fingerprint density at radius 3 is 2.50 bits per heavy atom. The summed E-state index contributed by atoms with van der Waals surface area (Å²) in [6.45, 7) is 3.26. The molecule has 1 fully saturated rings. The summed E-state index contributed by atoms with van der Waals surface area (Å²) in [6.07, 6.45) is -0.636.